The average molecular weight is 325 g/mol. The molecule has 134 valence electrons. The molecule has 0 spiro atoms. The average Bonchev–Trinajstić information content (AvgIpc) is 2.50. The summed E-state index contributed by atoms with van der Waals surface area (Å²) >= 11 is 0. The maximum absolute atomic E-state index is 10.6. The summed E-state index contributed by atoms with van der Waals surface area (Å²) in [6.07, 6.45) is 22.0. The molecule has 0 saturated carbocycles. The van der Waals surface area contributed by atoms with Gasteiger partial charge in [0.05, 0.1) is 0 Å². The standard InChI is InChI=1S/C20H36O3/c1-3-4-5-6-7-8-9-10-11-12-13-14-15-16-17-18-20(22)23-19(2)21/h6-7,17-18,20,22H,3-5,8-16H2,1-2H3/b7-6-,18-17+. The van der Waals surface area contributed by atoms with Crippen LogP contribution in [0.25, 0.3) is 0 Å². The van der Waals surface area contributed by atoms with Crippen LogP contribution in [0.5, 0.6) is 0 Å². The molecule has 3 heteroatoms. The van der Waals surface area contributed by atoms with Crippen molar-refractivity contribution in [2.75, 3.05) is 0 Å². The minimum Gasteiger partial charge on any atom is -0.432 e. The highest BCUT2D eigenvalue weighted by Crippen LogP contribution is 2.10. The first kappa shape index (κ1) is 21.9. The van der Waals surface area contributed by atoms with Gasteiger partial charge in [0.2, 0.25) is 6.29 Å². The van der Waals surface area contributed by atoms with Crippen molar-refractivity contribution in [3.8, 4) is 0 Å². The highest BCUT2D eigenvalue weighted by atomic mass is 16.6. The van der Waals surface area contributed by atoms with Gasteiger partial charge in [-0.05, 0) is 38.2 Å². The monoisotopic (exact) mass is 324 g/mol. The molecule has 0 saturated heterocycles. The maximum atomic E-state index is 10.6. The molecule has 0 aromatic heterocycles. The molecule has 23 heavy (non-hydrogen) atoms. The third-order valence-corrected chi connectivity index (χ3v) is 3.72. The van der Waals surface area contributed by atoms with E-state index in [2.05, 4.69) is 23.8 Å². The van der Waals surface area contributed by atoms with Crippen LogP contribution in [-0.2, 0) is 9.53 Å². The Balaban J connectivity index is 3.23. The number of carbonyl (C=O) groups excluding carboxylic acids is 1. The summed E-state index contributed by atoms with van der Waals surface area (Å²) in [6, 6.07) is 0. The van der Waals surface area contributed by atoms with Crippen molar-refractivity contribution < 1.29 is 14.6 Å². The molecule has 1 N–H and O–H groups in total. The van der Waals surface area contributed by atoms with Gasteiger partial charge in [-0.3, -0.25) is 4.79 Å². The van der Waals surface area contributed by atoms with Gasteiger partial charge in [-0.25, -0.2) is 0 Å². The molecule has 0 aliphatic heterocycles. The Hall–Kier alpha value is -1.09. The van der Waals surface area contributed by atoms with E-state index in [0.29, 0.717) is 0 Å². The quantitative estimate of drug-likeness (QED) is 0.182. The third kappa shape index (κ3) is 18.9. The van der Waals surface area contributed by atoms with Gasteiger partial charge in [0.25, 0.3) is 0 Å². The molecule has 0 radical (unpaired) electrons. The largest absolute Gasteiger partial charge is 0.432 e. The molecule has 3 nitrogen and oxygen atoms in total. The fraction of sp³-hybridized carbons (Fsp3) is 0.750. The zero-order valence-corrected chi connectivity index (χ0v) is 15.1. The van der Waals surface area contributed by atoms with Gasteiger partial charge in [-0.15, -0.1) is 0 Å². The van der Waals surface area contributed by atoms with Crippen LogP contribution in [0.4, 0.5) is 0 Å². The molecule has 0 aliphatic carbocycles. The van der Waals surface area contributed by atoms with Crippen LogP contribution in [-0.4, -0.2) is 17.4 Å². The number of hydrogen-bond acceptors (Lipinski definition) is 3. The van der Waals surface area contributed by atoms with Gasteiger partial charge in [0.15, 0.2) is 0 Å². The lowest BCUT2D eigenvalue weighted by Crippen LogP contribution is -2.11. The first-order chi connectivity index (χ1) is 11.2. The van der Waals surface area contributed by atoms with E-state index in [1.807, 2.05) is 6.08 Å². The maximum Gasteiger partial charge on any atom is 0.305 e. The second kappa shape index (κ2) is 17.3. The van der Waals surface area contributed by atoms with Crippen molar-refractivity contribution in [1.82, 2.24) is 0 Å². The Morgan fingerprint density at radius 1 is 0.870 bits per heavy atom. The highest BCUT2D eigenvalue weighted by molar-refractivity contribution is 5.66. The van der Waals surface area contributed by atoms with Crippen molar-refractivity contribution in [2.45, 2.75) is 97.2 Å². The smallest absolute Gasteiger partial charge is 0.305 e. The van der Waals surface area contributed by atoms with Crippen molar-refractivity contribution in [1.29, 1.82) is 0 Å². The SMILES string of the molecule is CCCC/C=C\CCCCCCCCC/C=C/C(O)OC(C)=O. The van der Waals surface area contributed by atoms with E-state index in [1.54, 1.807) is 0 Å². The number of carbonyl (C=O) groups is 1. The van der Waals surface area contributed by atoms with Gasteiger partial charge >= 0.3 is 5.97 Å². The zero-order valence-electron chi connectivity index (χ0n) is 15.1. The number of hydrogen-bond donors (Lipinski definition) is 1. The fourth-order valence-corrected chi connectivity index (χ4v) is 2.39. The number of esters is 1. The molecule has 0 aliphatic rings. The van der Waals surface area contributed by atoms with E-state index in [-0.39, 0.29) is 0 Å². The molecule has 0 fully saturated rings. The van der Waals surface area contributed by atoms with Gasteiger partial charge < -0.3 is 9.84 Å². The summed E-state index contributed by atoms with van der Waals surface area (Å²) in [5.41, 5.74) is 0. The van der Waals surface area contributed by atoms with Crippen LogP contribution in [0, 0.1) is 0 Å². The number of ether oxygens (including phenoxy) is 1. The van der Waals surface area contributed by atoms with Gasteiger partial charge in [-0.2, -0.15) is 0 Å². The Morgan fingerprint density at radius 3 is 1.87 bits per heavy atom. The van der Waals surface area contributed by atoms with E-state index >= 15 is 0 Å². The van der Waals surface area contributed by atoms with Crippen LogP contribution < -0.4 is 0 Å². The van der Waals surface area contributed by atoms with E-state index < -0.39 is 12.3 Å². The van der Waals surface area contributed by atoms with Gasteiger partial charge in [0.1, 0.15) is 0 Å². The third-order valence-electron chi connectivity index (χ3n) is 3.72. The molecule has 1 unspecified atom stereocenters. The van der Waals surface area contributed by atoms with Crippen LogP contribution in [0.2, 0.25) is 0 Å². The number of unbranched alkanes of at least 4 members (excludes halogenated alkanes) is 10. The first-order valence-electron chi connectivity index (χ1n) is 9.33. The summed E-state index contributed by atoms with van der Waals surface area (Å²) in [5.74, 6) is -0.460. The van der Waals surface area contributed by atoms with E-state index in [1.165, 1.54) is 77.2 Å². The molecule has 0 aromatic carbocycles. The Labute approximate surface area is 142 Å². The second-order valence-electron chi connectivity index (χ2n) is 6.09. The molecule has 0 amide bonds. The number of aliphatic hydroxyl groups is 1. The molecule has 0 bridgehead atoms. The molecular weight excluding hydrogens is 288 g/mol. The van der Waals surface area contributed by atoms with Crippen LogP contribution in [0.3, 0.4) is 0 Å². The summed E-state index contributed by atoms with van der Waals surface area (Å²) < 4.78 is 4.59. The Kier molecular flexibility index (Phi) is 16.4. The summed E-state index contributed by atoms with van der Waals surface area (Å²) in [7, 11) is 0. The number of allylic oxidation sites excluding steroid dienone is 3. The molecule has 0 aromatic rings. The van der Waals surface area contributed by atoms with E-state index in [9.17, 15) is 9.90 Å². The highest BCUT2D eigenvalue weighted by Gasteiger charge is 2.00. The van der Waals surface area contributed by atoms with Crippen molar-refractivity contribution in [3.05, 3.63) is 24.3 Å². The van der Waals surface area contributed by atoms with Crippen molar-refractivity contribution in [2.24, 2.45) is 0 Å². The Bertz CT molecular complexity index is 321. The van der Waals surface area contributed by atoms with E-state index in [0.717, 1.165) is 12.8 Å². The topological polar surface area (TPSA) is 46.5 Å². The summed E-state index contributed by atoms with van der Waals surface area (Å²) in [6.45, 7) is 3.52. The summed E-state index contributed by atoms with van der Waals surface area (Å²) in [5, 5.41) is 9.29. The van der Waals surface area contributed by atoms with Crippen LogP contribution in [0.15, 0.2) is 24.3 Å². The van der Waals surface area contributed by atoms with Crippen molar-refractivity contribution in [3.63, 3.8) is 0 Å². The van der Waals surface area contributed by atoms with Gasteiger partial charge in [-0.1, -0.05) is 70.1 Å². The molecule has 1 atom stereocenters. The minimum atomic E-state index is -1.09. The number of rotatable bonds is 15. The number of aliphatic hydroxyl groups excluding tert-OH is 1. The first-order valence-corrected chi connectivity index (χ1v) is 9.33. The molecule has 0 rings (SSSR count). The predicted molar refractivity (Wildman–Crippen MR) is 97.1 cm³/mol. The van der Waals surface area contributed by atoms with Gasteiger partial charge in [0, 0.05) is 6.92 Å². The molecular formula is C20H36O3. The van der Waals surface area contributed by atoms with Crippen molar-refractivity contribution >= 4 is 5.97 Å². The summed E-state index contributed by atoms with van der Waals surface area (Å²) in [4.78, 5) is 10.6. The second-order valence-corrected chi connectivity index (χ2v) is 6.09. The van der Waals surface area contributed by atoms with Crippen LogP contribution in [0.1, 0.15) is 90.9 Å². The lowest BCUT2D eigenvalue weighted by atomic mass is 10.1. The van der Waals surface area contributed by atoms with Crippen LogP contribution >= 0.6 is 0 Å². The lowest BCUT2D eigenvalue weighted by Gasteiger charge is -2.04. The zero-order chi connectivity index (χ0) is 17.2. The Morgan fingerprint density at radius 2 is 1.35 bits per heavy atom. The van der Waals surface area contributed by atoms with E-state index in [4.69, 9.17) is 0 Å². The minimum absolute atomic E-state index is 0.460. The lowest BCUT2D eigenvalue weighted by molar-refractivity contribution is -0.157. The fourth-order valence-electron chi connectivity index (χ4n) is 2.39. The predicted octanol–water partition coefficient (Wildman–Crippen LogP) is 5.68. The molecule has 0 heterocycles. The normalized spacial score (nSPS) is 13.0.